The monoisotopic (exact) mass is 240 g/mol. The Morgan fingerprint density at radius 1 is 1.62 bits per heavy atom. The lowest BCUT2D eigenvalue weighted by molar-refractivity contribution is -0.139. The van der Waals surface area contributed by atoms with Crippen molar-refractivity contribution in [3.63, 3.8) is 0 Å². The Bertz CT molecular complexity index is 550. The molecule has 0 aliphatic carbocycles. The zero-order chi connectivity index (χ0) is 11.7. The van der Waals surface area contributed by atoms with Crippen molar-refractivity contribution in [2.75, 3.05) is 6.61 Å². The van der Waals surface area contributed by atoms with Gasteiger partial charge in [0.2, 0.25) is 5.88 Å². The minimum Gasteiger partial charge on any atom is -0.479 e. The van der Waals surface area contributed by atoms with Gasteiger partial charge in [-0.1, -0.05) is 17.7 Å². The molecule has 1 heterocycles. The number of hydrogen-bond acceptors (Lipinski definition) is 3. The highest BCUT2D eigenvalue weighted by Crippen LogP contribution is 2.30. The maximum atomic E-state index is 10.4. The van der Waals surface area contributed by atoms with Crippen LogP contribution in [0, 0.1) is 0 Å². The second-order valence-electron chi connectivity index (χ2n) is 3.25. The fourth-order valence-electron chi connectivity index (χ4n) is 1.47. The van der Waals surface area contributed by atoms with Crippen molar-refractivity contribution in [3.8, 4) is 5.88 Å². The molecule has 0 aliphatic heterocycles. The van der Waals surface area contributed by atoms with Gasteiger partial charge in [0.15, 0.2) is 6.61 Å². The lowest BCUT2D eigenvalue weighted by Gasteiger charge is -1.99. The summed E-state index contributed by atoms with van der Waals surface area (Å²) in [6.07, 6.45) is 0. The topological polar surface area (TPSA) is 64.4 Å². The van der Waals surface area contributed by atoms with Crippen molar-refractivity contribution in [2.45, 2.75) is 0 Å². The quantitative estimate of drug-likeness (QED) is 0.887. The zero-order valence-electron chi connectivity index (χ0n) is 8.48. The van der Waals surface area contributed by atoms with Gasteiger partial charge in [0, 0.05) is 7.05 Å². The molecule has 1 aromatic heterocycles. The first-order valence-electron chi connectivity index (χ1n) is 4.55. The Morgan fingerprint density at radius 3 is 3.06 bits per heavy atom. The van der Waals surface area contributed by atoms with Crippen LogP contribution in [0.3, 0.4) is 0 Å². The van der Waals surface area contributed by atoms with E-state index < -0.39 is 12.6 Å². The number of ether oxygens (including phenoxy) is 1. The number of rotatable bonds is 3. The third-order valence-electron chi connectivity index (χ3n) is 2.13. The first-order chi connectivity index (χ1) is 7.59. The van der Waals surface area contributed by atoms with Crippen molar-refractivity contribution in [1.82, 2.24) is 9.78 Å². The van der Waals surface area contributed by atoms with E-state index in [1.54, 1.807) is 23.9 Å². The Labute approximate surface area is 96.2 Å². The van der Waals surface area contributed by atoms with Gasteiger partial charge >= 0.3 is 5.97 Å². The smallest absolute Gasteiger partial charge is 0.341 e. The third kappa shape index (κ3) is 1.81. The van der Waals surface area contributed by atoms with Crippen LogP contribution in [0.1, 0.15) is 0 Å². The van der Waals surface area contributed by atoms with E-state index in [4.69, 9.17) is 21.4 Å². The van der Waals surface area contributed by atoms with Gasteiger partial charge in [0.1, 0.15) is 0 Å². The fourth-order valence-corrected chi connectivity index (χ4v) is 1.72. The highest BCUT2D eigenvalue weighted by molar-refractivity contribution is 6.35. The Balaban J connectivity index is 2.49. The van der Waals surface area contributed by atoms with Crippen LogP contribution in [0.15, 0.2) is 18.2 Å². The molecular formula is C10H9ClN2O3. The molecule has 0 saturated carbocycles. The van der Waals surface area contributed by atoms with Crippen LogP contribution >= 0.6 is 11.6 Å². The van der Waals surface area contributed by atoms with Gasteiger partial charge in [-0.15, -0.1) is 5.10 Å². The summed E-state index contributed by atoms with van der Waals surface area (Å²) in [5.74, 6) is -0.809. The number of aryl methyl sites for hydroxylation is 1. The number of aromatic nitrogens is 2. The highest BCUT2D eigenvalue weighted by atomic mass is 35.5. The van der Waals surface area contributed by atoms with Crippen molar-refractivity contribution in [2.24, 2.45) is 7.05 Å². The summed E-state index contributed by atoms with van der Waals surface area (Å²) in [5.41, 5.74) is 0.799. The lowest BCUT2D eigenvalue weighted by Crippen LogP contribution is -2.10. The predicted octanol–water partition coefficient (Wildman–Crippen LogP) is 1.69. The first-order valence-corrected chi connectivity index (χ1v) is 4.93. The molecular weight excluding hydrogens is 232 g/mol. The van der Waals surface area contributed by atoms with Crippen molar-refractivity contribution >= 4 is 28.5 Å². The van der Waals surface area contributed by atoms with Crippen LogP contribution < -0.4 is 4.74 Å². The second-order valence-corrected chi connectivity index (χ2v) is 3.65. The van der Waals surface area contributed by atoms with Crippen molar-refractivity contribution < 1.29 is 14.6 Å². The Hall–Kier alpha value is -1.75. The predicted molar refractivity (Wildman–Crippen MR) is 58.9 cm³/mol. The first kappa shape index (κ1) is 10.8. The van der Waals surface area contributed by atoms with E-state index in [0.29, 0.717) is 10.4 Å². The highest BCUT2D eigenvalue weighted by Gasteiger charge is 2.13. The molecule has 0 spiro atoms. The minimum atomic E-state index is -1.05. The average molecular weight is 241 g/mol. The number of carbonyl (C=O) groups is 1. The lowest BCUT2D eigenvalue weighted by atomic mass is 10.2. The average Bonchev–Trinajstić information content (AvgIpc) is 2.55. The Morgan fingerprint density at radius 2 is 2.38 bits per heavy atom. The van der Waals surface area contributed by atoms with Crippen LogP contribution in [0.4, 0.5) is 0 Å². The summed E-state index contributed by atoms with van der Waals surface area (Å²) >= 11 is 6.01. The number of aliphatic carboxylic acids is 1. The van der Waals surface area contributed by atoms with E-state index >= 15 is 0 Å². The van der Waals surface area contributed by atoms with Gasteiger partial charge in [0.25, 0.3) is 0 Å². The number of carboxylic acid groups (broad SMARTS) is 1. The van der Waals surface area contributed by atoms with Gasteiger partial charge in [-0.05, 0) is 12.1 Å². The van der Waals surface area contributed by atoms with E-state index in [-0.39, 0.29) is 5.88 Å². The number of halogens is 1. The maximum Gasteiger partial charge on any atom is 0.341 e. The molecule has 1 aromatic carbocycles. The summed E-state index contributed by atoms with van der Waals surface area (Å²) in [6, 6.07) is 5.34. The van der Waals surface area contributed by atoms with Gasteiger partial charge in [-0.25, -0.2) is 4.79 Å². The summed E-state index contributed by atoms with van der Waals surface area (Å²) < 4.78 is 6.66. The third-order valence-corrected chi connectivity index (χ3v) is 2.44. The SMILES string of the molecule is Cn1nc(OCC(=O)O)c2c(Cl)cccc21. The molecule has 1 N–H and O–H groups in total. The molecule has 0 amide bonds. The van der Waals surface area contributed by atoms with Crippen LogP contribution in [0.25, 0.3) is 10.9 Å². The van der Waals surface area contributed by atoms with Gasteiger partial charge in [-0.2, -0.15) is 0 Å². The largest absolute Gasteiger partial charge is 0.479 e. The zero-order valence-corrected chi connectivity index (χ0v) is 9.23. The molecule has 0 unspecified atom stereocenters. The van der Waals surface area contributed by atoms with E-state index in [1.807, 2.05) is 6.07 Å². The molecule has 6 heteroatoms. The summed E-state index contributed by atoms with van der Waals surface area (Å²) in [6.45, 7) is -0.433. The van der Waals surface area contributed by atoms with Crippen molar-refractivity contribution in [1.29, 1.82) is 0 Å². The molecule has 2 aromatic rings. The molecule has 16 heavy (non-hydrogen) atoms. The van der Waals surface area contributed by atoms with Crippen LogP contribution in [-0.2, 0) is 11.8 Å². The normalized spacial score (nSPS) is 10.6. The fraction of sp³-hybridized carbons (Fsp3) is 0.200. The van der Waals surface area contributed by atoms with Gasteiger partial charge in [0.05, 0.1) is 15.9 Å². The summed E-state index contributed by atoms with van der Waals surface area (Å²) in [7, 11) is 1.74. The summed E-state index contributed by atoms with van der Waals surface area (Å²) in [4.78, 5) is 10.4. The number of hydrogen-bond donors (Lipinski definition) is 1. The molecule has 0 aliphatic rings. The number of benzene rings is 1. The molecule has 84 valence electrons. The second kappa shape index (κ2) is 4.02. The molecule has 5 nitrogen and oxygen atoms in total. The van der Waals surface area contributed by atoms with Gasteiger partial charge < -0.3 is 9.84 Å². The van der Waals surface area contributed by atoms with Crippen molar-refractivity contribution in [3.05, 3.63) is 23.2 Å². The van der Waals surface area contributed by atoms with E-state index in [2.05, 4.69) is 5.10 Å². The van der Waals surface area contributed by atoms with E-state index in [0.717, 1.165) is 5.52 Å². The van der Waals surface area contributed by atoms with Crippen LogP contribution in [-0.4, -0.2) is 27.5 Å². The number of fused-ring (bicyclic) bond motifs is 1. The molecule has 0 fully saturated rings. The molecule has 2 rings (SSSR count). The standard InChI is InChI=1S/C10H9ClN2O3/c1-13-7-4-2-3-6(11)9(7)10(12-13)16-5-8(14)15/h2-4H,5H2,1H3,(H,14,15). The molecule has 0 bridgehead atoms. The van der Waals surface area contributed by atoms with Gasteiger partial charge in [-0.3, -0.25) is 4.68 Å². The maximum absolute atomic E-state index is 10.4. The number of nitrogens with zero attached hydrogens (tertiary/aromatic N) is 2. The molecule has 0 radical (unpaired) electrons. The number of carboxylic acids is 1. The minimum absolute atomic E-state index is 0.241. The molecule has 0 atom stereocenters. The van der Waals surface area contributed by atoms with E-state index in [9.17, 15) is 4.79 Å². The van der Waals surface area contributed by atoms with Crippen LogP contribution in [0.5, 0.6) is 5.88 Å². The Kier molecular flexibility index (Phi) is 2.70. The summed E-state index contributed by atoms with van der Waals surface area (Å²) in [5, 5.41) is 13.7. The molecule has 0 saturated heterocycles. The van der Waals surface area contributed by atoms with E-state index in [1.165, 1.54) is 0 Å². The van der Waals surface area contributed by atoms with Crippen LogP contribution in [0.2, 0.25) is 5.02 Å².